The number of hydrogen-bond acceptors (Lipinski definition) is 8. The fourth-order valence-corrected chi connectivity index (χ4v) is 5.05. The molecular weight excluding hydrogens is 490 g/mol. The van der Waals surface area contributed by atoms with Gasteiger partial charge in [-0.2, -0.15) is 0 Å². The van der Waals surface area contributed by atoms with Crippen molar-refractivity contribution in [1.29, 1.82) is 0 Å². The Kier molecular flexibility index (Phi) is 6.61. The van der Waals surface area contributed by atoms with E-state index >= 15 is 0 Å². The average molecular weight is 514 g/mol. The fourth-order valence-electron chi connectivity index (χ4n) is 4.16. The monoisotopic (exact) mass is 513 g/mol. The number of aromatic nitrogens is 5. The summed E-state index contributed by atoms with van der Waals surface area (Å²) in [6.45, 7) is 0. The van der Waals surface area contributed by atoms with Crippen molar-refractivity contribution in [3.05, 3.63) is 109 Å². The number of benzene rings is 3. The van der Waals surface area contributed by atoms with Gasteiger partial charge in [0, 0.05) is 51.9 Å². The molecule has 7 nitrogen and oxygen atoms in total. The molecule has 3 aromatic heterocycles. The Morgan fingerprint density at radius 1 is 0.684 bits per heavy atom. The normalized spacial score (nSPS) is 10.9. The van der Waals surface area contributed by atoms with Crippen LogP contribution >= 0.6 is 11.8 Å². The Labute approximate surface area is 224 Å². The molecule has 6 aromatic rings. The lowest BCUT2D eigenvalue weighted by molar-refractivity contribution is 1.06. The lowest BCUT2D eigenvalue weighted by Gasteiger charge is -2.12. The summed E-state index contributed by atoms with van der Waals surface area (Å²) >= 11 is 1.59. The van der Waals surface area contributed by atoms with E-state index in [1.165, 1.54) is 0 Å². The first-order valence-corrected chi connectivity index (χ1v) is 12.9. The van der Waals surface area contributed by atoms with Crippen LogP contribution < -0.4 is 10.6 Å². The highest BCUT2D eigenvalue weighted by molar-refractivity contribution is 7.99. The molecular formula is C30H23N7S. The molecule has 0 aliphatic carbocycles. The van der Waals surface area contributed by atoms with Crippen molar-refractivity contribution in [3.63, 3.8) is 0 Å². The van der Waals surface area contributed by atoms with Crippen LogP contribution in [0.1, 0.15) is 0 Å². The minimum Gasteiger partial charge on any atom is -0.357 e. The quantitative estimate of drug-likeness (QED) is 0.234. The van der Waals surface area contributed by atoms with Gasteiger partial charge < -0.3 is 10.6 Å². The summed E-state index contributed by atoms with van der Waals surface area (Å²) in [6.07, 6.45) is 3.54. The maximum Gasteiger partial charge on any atom is 0.222 e. The van der Waals surface area contributed by atoms with Crippen molar-refractivity contribution in [2.45, 2.75) is 9.92 Å². The van der Waals surface area contributed by atoms with Crippen LogP contribution in [0.2, 0.25) is 0 Å². The van der Waals surface area contributed by atoms with Crippen LogP contribution in [0.4, 0.5) is 17.5 Å². The van der Waals surface area contributed by atoms with Gasteiger partial charge in [-0.25, -0.2) is 15.0 Å². The van der Waals surface area contributed by atoms with Crippen LogP contribution in [-0.4, -0.2) is 32.2 Å². The Balaban J connectivity index is 1.25. The number of anilines is 3. The van der Waals surface area contributed by atoms with E-state index in [9.17, 15) is 0 Å². The molecule has 6 rings (SSSR count). The third-order valence-electron chi connectivity index (χ3n) is 5.99. The van der Waals surface area contributed by atoms with Gasteiger partial charge in [0.05, 0.1) is 5.69 Å². The fraction of sp³-hybridized carbons (Fsp3) is 0.0333. The first-order valence-electron chi connectivity index (χ1n) is 12.1. The SMILES string of the molecule is CNc1nccc(-c2cccnc2Sc2ccc(Nc3nnc(-c4ccccc4)c4ccccc34)cc2)n1. The minimum atomic E-state index is 0.574. The molecule has 0 bridgehead atoms. The van der Waals surface area contributed by atoms with Gasteiger partial charge in [-0.05, 0) is 42.5 Å². The Morgan fingerprint density at radius 3 is 2.29 bits per heavy atom. The van der Waals surface area contributed by atoms with Crippen LogP contribution in [0.5, 0.6) is 0 Å². The zero-order valence-electron chi connectivity index (χ0n) is 20.5. The number of pyridine rings is 1. The zero-order chi connectivity index (χ0) is 25.7. The molecule has 38 heavy (non-hydrogen) atoms. The lowest BCUT2D eigenvalue weighted by Crippen LogP contribution is -1.99. The Bertz CT molecular complexity index is 1710. The van der Waals surface area contributed by atoms with Gasteiger partial charge in [-0.1, -0.05) is 66.4 Å². The second-order valence-corrected chi connectivity index (χ2v) is 9.49. The molecule has 184 valence electrons. The van der Waals surface area contributed by atoms with Gasteiger partial charge in [0.2, 0.25) is 5.95 Å². The Hall–Kier alpha value is -4.82. The van der Waals surface area contributed by atoms with Gasteiger partial charge in [-0.3, -0.25) is 0 Å². The van der Waals surface area contributed by atoms with Crippen molar-refractivity contribution in [3.8, 4) is 22.5 Å². The van der Waals surface area contributed by atoms with E-state index in [1.54, 1.807) is 31.2 Å². The summed E-state index contributed by atoms with van der Waals surface area (Å²) < 4.78 is 0. The van der Waals surface area contributed by atoms with E-state index in [0.29, 0.717) is 5.95 Å². The summed E-state index contributed by atoms with van der Waals surface area (Å²) in [7, 11) is 1.81. The van der Waals surface area contributed by atoms with Crippen LogP contribution in [0.25, 0.3) is 33.3 Å². The molecule has 0 aliphatic heterocycles. The molecule has 0 atom stereocenters. The highest BCUT2D eigenvalue weighted by Gasteiger charge is 2.12. The minimum absolute atomic E-state index is 0.574. The number of rotatable bonds is 7. The number of nitrogens with zero attached hydrogens (tertiary/aromatic N) is 5. The summed E-state index contributed by atoms with van der Waals surface area (Å²) in [5, 5.41) is 18.5. The number of nitrogens with one attached hydrogen (secondary N) is 2. The van der Waals surface area contributed by atoms with Gasteiger partial charge in [0.1, 0.15) is 10.7 Å². The molecule has 8 heteroatoms. The maximum absolute atomic E-state index is 4.61. The van der Waals surface area contributed by atoms with Crippen molar-refractivity contribution in [2.75, 3.05) is 17.7 Å². The summed E-state index contributed by atoms with van der Waals surface area (Å²) in [4.78, 5) is 14.5. The highest BCUT2D eigenvalue weighted by atomic mass is 32.2. The van der Waals surface area contributed by atoms with E-state index in [0.717, 1.165) is 54.7 Å². The Morgan fingerprint density at radius 2 is 1.47 bits per heavy atom. The van der Waals surface area contributed by atoms with Crippen LogP contribution in [0, 0.1) is 0 Å². The predicted molar refractivity (Wildman–Crippen MR) is 154 cm³/mol. The van der Waals surface area contributed by atoms with Crippen molar-refractivity contribution >= 4 is 40.0 Å². The van der Waals surface area contributed by atoms with Crippen LogP contribution in [0.15, 0.2) is 119 Å². The van der Waals surface area contributed by atoms with E-state index in [2.05, 4.69) is 72.2 Å². The lowest BCUT2D eigenvalue weighted by atomic mass is 10.0. The molecule has 0 spiro atoms. The molecule has 3 aromatic carbocycles. The summed E-state index contributed by atoms with van der Waals surface area (Å²) in [6, 6.07) is 32.4. The number of fused-ring (bicyclic) bond motifs is 1. The van der Waals surface area contributed by atoms with Crippen molar-refractivity contribution in [1.82, 2.24) is 25.1 Å². The topological polar surface area (TPSA) is 88.5 Å². The first kappa shape index (κ1) is 23.6. The maximum atomic E-state index is 4.61. The van der Waals surface area contributed by atoms with E-state index < -0.39 is 0 Å². The predicted octanol–water partition coefficient (Wildman–Crippen LogP) is 7.09. The first-order chi connectivity index (χ1) is 18.8. The van der Waals surface area contributed by atoms with E-state index in [4.69, 9.17) is 0 Å². The van der Waals surface area contributed by atoms with Gasteiger partial charge >= 0.3 is 0 Å². The molecule has 3 heterocycles. The third kappa shape index (κ3) is 4.89. The largest absolute Gasteiger partial charge is 0.357 e. The molecule has 0 unspecified atom stereocenters. The molecule has 0 amide bonds. The van der Waals surface area contributed by atoms with Gasteiger partial charge in [0.25, 0.3) is 0 Å². The molecule has 0 fully saturated rings. The average Bonchev–Trinajstić information content (AvgIpc) is 2.99. The van der Waals surface area contributed by atoms with Crippen molar-refractivity contribution in [2.24, 2.45) is 0 Å². The van der Waals surface area contributed by atoms with E-state index in [1.807, 2.05) is 60.7 Å². The molecule has 0 saturated carbocycles. The van der Waals surface area contributed by atoms with E-state index in [-0.39, 0.29) is 0 Å². The molecule has 0 radical (unpaired) electrons. The summed E-state index contributed by atoms with van der Waals surface area (Å²) in [5.41, 5.74) is 4.62. The van der Waals surface area contributed by atoms with Gasteiger partial charge in [-0.15, -0.1) is 10.2 Å². The smallest absolute Gasteiger partial charge is 0.222 e. The number of hydrogen-bond donors (Lipinski definition) is 2. The molecule has 0 saturated heterocycles. The second kappa shape index (κ2) is 10.7. The zero-order valence-corrected chi connectivity index (χ0v) is 21.4. The summed E-state index contributed by atoms with van der Waals surface area (Å²) in [5.74, 6) is 1.29. The highest BCUT2D eigenvalue weighted by Crippen LogP contribution is 2.35. The molecule has 0 aliphatic rings. The van der Waals surface area contributed by atoms with Crippen molar-refractivity contribution < 1.29 is 0 Å². The van der Waals surface area contributed by atoms with Crippen LogP contribution in [-0.2, 0) is 0 Å². The second-order valence-electron chi connectivity index (χ2n) is 8.43. The van der Waals surface area contributed by atoms with Gasteiger partial charge in [0.15, 0.2) is 5.82 Å². The standard InChI is InChI=1S/C30H23N7S/c1-31-30-33-19-17-26(35-30)25-12-7-18-32-29(25)38-22-15-13-21(14-16-22)34-28-24-11-6-5-10-23(24)27(36-37-28)20-8-3-2-4-9-20/h2-19H,1H3,(H,34,37)(H,31,33,35). The molecule has 2 N–H and O–H groups in total. The third-order valence-corrected chi connectivity index (χ3v) is 7.02. The van der Waals surface area contributed by atoms with Crippen LogP contribution in [0.3, 0.4) is 0 Å².